The van der Waals surface area contributed by atoms with Crippen molar-refractivity contribution in [2.45, 2.75) is 33.7 Å². The highest BCUT2D eigenvalue weighted by Crippen LogP contribution is 2.20. The monoisotopic (exact) mass is 220 g/mol. The van der Waals surface area contributed by atoms with Crippen molar-refractivity contribution in [3.05, 3.63) is 29.3 Å². The maximum Gasteiger partial charge on any atom is 0.106 e. The number of nitrogens with one attached hydrogen (secondary N) is 1. The first-order valence-corrected chi connectivity index (χ1v) is 5.46. The van der Waals surface area contributed by atoms with E-state index in [1.165, 1.54) is 16.8 Å². The summed E-state index contributed by atoms with van der Waals surface area (Å²) in [5.74, 6) is 0. The van der Waals surface area contributed by atoms with Gasteiger partial charge < -0.3 is 10.2 Å². The van der Waals surface area contributed by atoms with E-state index >= 15 is 0 Å². The molecule has 0 saturated heterocycles. The first kappa shape index (κ1) is 12.6. The van der Waals surface area contributed by atoms with Gasteiger partial charge >= 0.3 is 0 Å². The van der Waals surface area contributed by atoms with Crippen LogP contribution in [0, 0.1) is 13.8 Å². The molecule has 0 amide bonds. The molecule has 1 aromatic rings. The minimum Gasteiger partial charge on any atom is -0.399 e. The molecule has 0 radical (unpaired) electrons. The second-order valence-electron chi connectivity index (χ2n) is 4.05. The highest BCUT2D eigenvalue weighted by atomic mass is 16.6. The highest BCUT2D eigenvalue weighted by Gasteiger charge is 2.09. The second kappa shape index (κ2) is 5.54. The molecule has 0 bridgehead atoms. The van der Waals surface area contributed by atoms with E-state index in [2.05, 4.69) is 49.4 Å². The molecule has 0 aliphatic rings. The van der Waals surface area contributed by atoms with E-state index in [0.717, 1.165) is 5.71 Å². The van der Waals surface area contributed by atoms with Crippen LogP contribution in [-0.2, 0) is 4.84 Å². The number of anilines is 1. The van der Waals surface area contributed by atoms with Crippen molar-refractivity contribution in [3.63, 3.8) is 0 Å². The lowest BCUT2D eigenvalue weighted by molar-refractivity contribution is 0.212. The molecule has 1 unspecified atom stereocenters. The third-order valence-electron chi connectivity index (χ3n) is 2.70. The summed E-state index contributed by atoms with van der Waals surface area (Å²) in [4.78, 5) is 4.77. The van der Waals surface area contributed by atoms with Crippen LogP contribution in [0.2, 0.25) is 0 Å². The summed E-state index contributed by atoms with van der Waals surface area (Å²) in [6.07, 6.45) is 0. The van der Waals surface area contributed by atoms with E-state index in [1.54, 1.807) is 7.11 Å². The predicted octanol–water partition coefficient (Wildman–Crippen LogP) is 3.13. The van der Waals surface area contributed by atoms with Crippen LogP contribution in [0.25, 0.3) is 0 Å². The van der Waals surface area contributed by atoms with Gasteiger partial charge in [0.2, 0.25) is 0 Å². The molecule has 0 aliphatic heterocycles. The molecule has 88 valence electrons. The number of rotatable bonds is 4. The standard InChI is InChI=1S/C13H20N2O/c1-9-7-6-8-10(2)13(9)14-11(3)12(4)15-16-5/h6-8,11,14H,1-5H3/b15-12-. The van der Waals surface area contributed by atoms with Crippen molar-refractivity contribution in [3.8, 4) is 0 Å². The zero-order chi connectivity index (χ0) is 12.1. The molecule has 1 atom stereocenters. The molecule has 0 aromatic heterocycles. The van der Waals surface area contributed by atoms with Gasteiger partial charge in [-0.2, -0.15) is 0 Å². The molecule has 0 fully saturated rings. The molecule has 3 nitrogen and oxygen atoms in total. The summed E-state index contributed by atoms with van der Waals surface area (Å²) in [6.45, 7) is 8.23. The van der Waals surface area contributed by atoms with E-state index in [4.69, 9.17) is 4.84 Å². The van der Waals surface area contributed by atoms with Crippen molar-refractivity contribution in [2.24, 2.45) is 5.16 Å². The van der Waals surface area contributed by atoms with Crippen molar-refractivity contribution in [2.75, 3.05) is 12.4 Å². The number of aryl methyl sites for hydroxylation is 2. The lowest BCUT2D eigenvalue weighted by Gasteiger charge is -2.18. The van der Waals surface area contributed by atoms with Crippen LogP contribution in [0.15, 0.2) is 23.4 Å². The summed E-state index contributed by atoms with van der Waals surface area (Å²) in [5, 5.41) is 7.39. The Kier molecular flexibility index (Phi) is 4.35. The van der Waals surface area contributed by atoms with Gasteiger partial charge in [-0.15, -0.1) is 0 Å². The van der Waals surface area contributed by atoms with Gasteiger partial charge in [-0.05, 0) is 38.8 Å². The summed E-state index contributed by atoms with van der Waals surface area (Å²) >= 11 is 0. The van der Waals surface area contributed by atoms with Crippen LogP contribution in [0.3, 0.4) is 0 Å². The van der Waals surface area contributed by atoms with Crippen LogP contribution in [0.1, 0.15) is 25.0 Å². The summed E-state index contributed by atoms with van der Waals surface area (Å²) in [6, 6.07) is 6.44. The normalized spacial score (nSPS) is 13.4. The molecule has 1 aromatic carbocycles. The molecule has 0 spiro atoms. The molecule has 0 aliphatic carbocycles. The Bertz CT molecular complexity index is 365. The Labute approximate surface area is 97.5 Å². The fourth-order valence-corrected chi connectivity index (χ4v) is 1.59. The average molecular weight is 220 g/mol. The highest BCUT2D eigenvalue weighted by molar-refractivity contribution is 5.89. The molecule has 1 N–H and O–H groups in total. The molecular formula is C13H20N2O. The first-order valence-electron chi connectivity index (χ1n) is 5.46. The summed E-state index contributed by atoms with van der Waals surface area (Å²) in [7, 11) is 1.56. The quantitative estimate of drug-likeness (QED) is 0.624. The van der Waals surface area contributed by atoms with Gasteiger partial charge in [0.1, 0.15) is 7.11 Å². The SMILES string of the molecule is CO/N=C(/C)C(C)Nc1c(C)cccc1C. The summed E-state index contributed by atoms with van der Waals surface area (Å²) in [5.41, 5.74) is 4.61. The minimum atomic E-state index is 0.166. The molecular weight excluding hydrogens is 200 g/mol. The number of hydrogen-bond donors (Lipinski definition) is 1. The molecule has 1 rings (SSSR count). The van der Waals surface area contributed by atoms with Gasteiger partial charge in [-0.25, -0.2) is 0 Å². The Hall–Kier alpha value is -1.51. The van der Waals surface area contributed by atoms with Gasteiger partial charge in [0.05, 0.1) is 11.8 Å². The zero-order valence-electron chi connectivity index (χ0n) is 10.7. The average Bonchev–Trinajstić information content (AvgIpc) is 2.23. The summed E-state index contributed by atoms with van der Waals surface area (Å²) < 4.78 is 0. The number of benzene rings is 1. The lowest BCUT2D eigenvalue weighted by atomic mass is 10.1. The largest absolute Gasteiger partial charge is 0.399 e. The number of hydrogen-bond acceptors (Lipinski definition) is 3. The molecule has 0 saturated carbocycles. The van der Waals surface area contributed by atoms with Crippen LogP contribution >= 0.6 is 0 Å². The van der Waals surface area contributed by atoms with Gasteiger partial charge in [-0.1, -0.05) is 23.4 Å². The van der Waals surface area contributed by atoms with Crippen molar-refractivity contribution < 1.29 is 4.84 Å². The minimum absolute atomic E-state index is 0.166. The fraction of sp³-hybridized carbons (Fsp3) is 0.462. The van der Waals surface area contributed by atoms with Crippen LogP contribution in [0.5, 0.6) is 0 Å². The molecule has 16 heavy (non-hydrogen) atoms. The van der Waals surface area contributed by atoms with E-state index in [-0.39, 0.29) is 6.04 Å². The number of para-hydroxylation sites is 1. The van der Waals surface area contributed by atoms with E-state index in [0.29, 0.717) is 0 Å². The molecule has 0 heterocycles. The van der Waals surface area contributed by atoms with Crippen molar-refractivity contribution in [1.82, 2.24) is 0 Å². The lowest BCUT2D eigenvalue weighted by Crippen LogP contribution is -2.24. The van der Waals surface area contributed by atoms with E-state index < -0.39 is 0 Å². The Balaban J connectivity index is 2.84. The Morgan fingerprint density at radius 3 is 2.38 bits per heavy atom. The number of oxime groups is 1. The van der Waals surface area contributed by atoms with Crippen LogP contribution in [-0.4, -0.2) is 18.9 Å². The van der Waals surface area contributed by atoms with Crippen LogP contribution < -0.4 is 5.32 Å². The van der Waals surface area contributed by atoms with Gasteiger partial charge in [0.25, 0.3) is 0 Å². The van der Waals surface area contributed by atoms with Crippen LogP contribution in [0.4, 0.5) is 5.69 Å². The Morgan fingerprint density at radius 2 is 1.88 bits per heavy atom. The number of nitrogens with zero attached hydrogens (tertiary/aromatic N) is 1. The first-order chi connectivity index (χ1) is 7.56. The van der Waals surface area contributed by atoms with E-state index in [9.17, 15) is 0 Å². The maximum atomic E-state index is 4.77. The molecule has 3 heteroatoms. The zero-order valence-corrected chi connectivity index (χ0v) is 10.7. The Morgan fingerprint density at radius 1 is 1.31 bits per heavy atom. The van der Waals surface area contributed by atoms with E-state index in [1.807, 2.05) is 6.92 Å². The van der Waals surface area contributed by atoms with Crippen molar-refractivity contribution >= 4 is 11.4 Å². The maximum absolute atomic E-state index is 4.77. The third kappa shape index (κ3) is 2.99. The topological polar surface area (TPSA) is 33.6 Å². The van der Waals surface area contributed by atoms with Gasteiger partial charge in [-0.3, -0.25) is 0 Å². The van der Waals surface area contributed by atoms with Gasteiger partial charge in [0, 0.05) is 5.69 Å². The fourth-order valence-electron chi connectivity index (χ4n) is 1.59. The second-order valence-corrected chi connectivity index (χ2v) is 4.05. The predicted molar refractivity (Wildman–Crippen MR) is 69.1 cm³/mol. The van der Waals surface area contributed by atoms with Crippen molar-refractivity contribution in [1.29, 1.82) is 0 Å². The smallest absolute Gasteiger partial charge is 0.106 e. The van der Waals surface area contributed by atoms with Gasteiger partial charge in [0.15, 0.2) is 0 Å². The third-order valence-corrected chi connectivity index (χ3v) is 2.70.